The van der Waals surface area contributed by atoms with Gasteiger partial charge >= 0.3 is 0 Å². The van der Waals surface area contributed by atoms with E-state index in [1.54, 1.807) is 7.11 Å². The van der Waals surface area contributed by atoms with Gasteiger partial charge in [0, 0.05) is 20.2 Å². The van der Waals surface area contributed by atoms with Crippen LogP contribution in [0.2, 0.25) is 0 Å². The van der Waals surface area contributed by atoms with E-state index in [4.69, 9.17) is 9.47 Å². The number of nitrogens with zero attached hydrogens (tertiary/aromatic N) is 1. The Balaban J connectivity index is 1.75. The van der Waals surface area contributed by atoms with Gasteiger partial charge in [-0.25, -0.2) is 0 Å². The smallest absolute Gasteiger partial charge is 0.248 e. The first-order chi connectivity index (χ1) is 9.76. The highest BCUT2D eigenvalue weighted by Crippen LogP contribution is 2.44. The molecule has 2 aliphatic rings. The van der Waals surface area contributed by atoms with Crippen molar-refractivity contribution in [3.63, 3.8) is 0 Å². The minimum atomic E-state index is 0.147. The lowest BCUT2D eigenvalue weighted by molar-refractivity contribution is -0.136. The number of carbonyl (C=O) groups excluding carboxylic acids is 1. The molecule has 1 aliphatic heterocycles. The molecule has 2 fully saturated rings. The first-order valence-corrected chi connectivity index (χ1v) is 8.10. The fourth-order valence-corrected chi connectivity index (χ4v) is 3.70. The molecule has 4 nitrogen and oxygen atoms in total. The lowest BCUT2D eigenvalue weighted by Crippen LogP contribution is -2.36. The molecule has 20 heavy (non-hydrogen) atoms. The first kappa shape index (κ1) is 15.8. The molecule has 1 spiro atoms. The average Bonchev–Trinajstić information content (AvgIpc) is 2.67. The second kappa shape index (κ2) is 7.99. The van der Waals surface area contributed by atoms with Crippen molar-refractivity contribution in [2.45, 2.75) is 51.4 Å². The Morgan fingerprint density at radius 1 is 1.00 bits per heavy atom. The van der Waals surface area contributed by atoms with Gasteiger partial charge in [0.1, 0.15) is 6.61 Å². The number of carbonyl (C=O) groups is 1. The first-order valence-electron chi connectivity index (χ1n) is 8.10. The molecule has 1 aliphatic carbocycles. The molecule has 4 heteroatoms. The van der Waals surface area contributed by atoms with Gasteiger partial charge in [0.15, 0.2) is 0 Å². The summed E-state index contributed by atoms with van der Waals surface area (Å²) in [5, 5.41) is 0. The normalized spacial score (nSPS) is 22.8. The Morgan fingerprint density at radius 3 is 2.50 bits per heavy atom. The third kappa shape index (κ3) is 4.45. The monoisotopic (exact) mass is 283 g/mol. The molecule has 0 aromatic rings. The van der Waals surface area contributed by atoms with Gasteiger partial charge in [-0.05, 0) is 37.5 Å². The van der Waals surface area contributed by atoms with Gasteiger partial charge in [-0.15, -0.1) is 0 Å². The quantitative estimate of drug-likeness (QED) is 0.728. The molecule has 0 atom stereocenters. The van der Waals surface area contributed by atoms with Crippen molar-refractivity contribution in [3.05, 3.63) is 0 Å². The Hall–Kier alpha value is -0.610. The maximum absolute atomic E-state index is 12.1. The van der Waals surface area contributed by atoms with Crippen LogP contribution in [0.5, 0.6) is 0 Å². The molecule has 1 saturated heterocycles. The minimum Gasteiger partial charge on any atom is -0.382 e. The summed E-state index contributed by atoms with van der Waals surface area (Å²) in [5.41, 5.74) is 0.546. The molecule has 0 aromatic heterocycles. The van der Waals surface area contributed by atoms with Gasteiger partial charge in [0.05, 0.1) is 13.2 Å². The van der Waals surface area contributed by atoms with Crippen molar-refractivity contribution in [2.75, 3.05) is 40.0 Å². The number of hydrogen-bond donors (Lipinski definition) is 0. The third-order valence-electron chi connectivity index (χ3n) is 4.97. The second-order valence-electron chi connectivity index (χ2n) is 6.34. The van der Waals surface area contributed by atoms with Crippen molar-refractivity contribution in [2.24, 2.45) is 5.41 Å². The van der Waals surface area contributed by atoms with Crippen LogP contribution in [0, 0.1) is 5.41 Å². The standard InChI is InChI=1S/C16H29NO3/c1-19-12-13-20-14-15(18)17-10-5-8-16(9-11-17)6-3-2-4-7-16/h2-14H2,1H3. The highest BCUT2D eigenvalue weighted by molar-refractivity contribution is 5.77. The number of rotatable bonds is 5. The van der Waals surface area contributed by atoms with E-state index in [1.807, 2.05) is 4.90 Å². The lowest BCUT2D eigenvalue weighted by Gasteiger charge is -2.36. The van der Waals surface area contributed by atoms with E-state index in [9.17, 15) is 4.79 Å². The fourth-order valence-electron chi connectivity index (χ4n) is 3.70. The van der Waals surface area contributed by atoms with E-state index in [0.717, 1.165) is 19.5 Å². The van der Waals surface area contributed by atoms with E-state index >= 15 is 0 Å². The molecule has 1 heterocycles. The summed E-state index contributed by atoms with van der Waals surface area (Å²) in [6.45, 7) is 3.09. The van der Waals surface area contributed by atoms with Crippen LogP contribution >= 0.6 is 0 Å². The number of methoxy groups -OCH3 is 1. The van der Waals surface area contributed by atoms with Crippen molar-refractivity contribution >= 4 is 5.91 Å². The van der Waals surface area contributed by atoms with Crippen LogP contribution in [0.3, 0.4) is 0 Å². The van der Waals surface area contributed by atoms with Crippen molar-refractivity contribution < 1.29 is 14.3 Å². The van der Waals surface area contributed by atoms with Crippen LogP contribution in [0.4, 0.5) is 0 Å². The maximum Gasteiger partial charge on any atom is 0.248 e. The summed E-state index contributed by atoms with van der Waals surface area (Å²) in [6.07, 6.45) is 10.6. The summed E-state index contributed by atoms with van der Waals surface area (Å²) >= 11 is 0. The molecule has 0 radical (unpaired) electrons. The van der Waals surface area contributed by atoms with E-state index in [-0.39, 0.29) is 12.5 Å². The molecule has 0 N–H and O–H groups in total. The fraction of sp³-hybridized carbons (Fsp3) is 0.938. The zero-order valence-corrected chi connectivity index (χ0v) is 12.9. The summed E-state index contributed by atoms with van der Waals surface area (Å²) < 4.78 is 10.3. The van der Waals surface area contributed by atoms with Gasteiger partial charge in [0.25, 0.3) is 0 Å². The van der Waals surface area contributed by atoms with Crippen LogP contribution in [-0.2, 0) is 14.3 Å². The Kier molecular flexibility index (Phi) is 6.30. The molecular weight excluding hydrogens is 254 g/mol. The van der Waals surface area contributed by atoms with Gasteiger partial charge < -0.3 is 14.4 Å². The molecule has 1 saturated carbocycles. The molecule has 116 valence electrons. The molecular formula is C16H29NO3. The van der Waals surface area contributed by atoms with Crippen LogP contribution < -0.4 is 0 Å². The van der Waals surface area contributed by atoms with E-state index in [0.29, 0.717) is 18.6 Å². The summed E-state index contributed by atoms with van der Waals surface area (Å²) in [7, 11) is 1.64. The Bertz CT molecular complexity index is 300. The number of likely N-dealkylation sites (tertiary alicyclic amines) is 1. The SMILES string of the molecule is COCCOCC(=O)N1CCCC2(CCCCC2)CC1. The third-order valence-corrected chi connectivity index (χ3v) is 4.97. The zero-order valence-electron chi connectivity index (χ0n) is 12.9. The van der Waals surface area contributed by atoms with Crippen molar-refractivity contribution in [1.82, 2.24) is 4.90 Å². The predicted octanol–water partition coefficient (Wildman–Crippen LogP) is 2.61. The largest absolute Gasteiger partial charge is 0.382 e. The molecule has 0 bridgehead atoms. The highest BCUT2D eigenvalue weighted by atomic mass is 16.5. The molecule has 0 aromatic carbocycles. The summed E-state index contributed by atoms with van der Waals surface area (Å²) in [6, 6.07) is 0. The van der Waals surface area contributed by atoms with Crippen LogP contribution in [0.15, 0.2) is 0 Å². The highest BCUT2D eigenvalue weighted by Gasteiger charge is 2.34. The van der Waals surface area contributed by atoms with Crippen molar-refractivity contribution in [3.8, 4) is 0 Å². The van der Waals surface area contributed by atoms with Crippen LogP contribution in [-0.4, -0.2) is 50.8 Å². The predicted molar refractivity (Wildman–Crippen MR) is 78.6 cm³/mol. The average molecular weight is 283 g/mol. The van der Waals surface area contributed by atoms with Crippen molar-refractivity contribution in [1.29, 1.82) is 0 Å². The van der Waals surface area contributed by atoms with E-state index in [1.165, 1.54) is 44.9 Å². The number of ether oxygens (including phenoxy) is 2. The van der Waals surface area contributed by atoms with Gasteiger partial charge in [0.2, 0.25) is 5.91 Å². The zero-order chi connectivity index (χ0) is 14.3. The van der Waals surface area contributed by atoms with Gasteiger partial charge in [-0.3, -0.25) is 4.79 Å². The van der Waals surface area contributed by atoms with E-state index in [2.05, 4.69) is 0 Å². The van der Waals surface area contributed by atoms with Crippen LogP contribution in [0.1, 0.15) is 51.4 Å². The summed E-state index contributed by atoms with van der Waals surface area (Å²) in [5.74, 6) is 0.147. The van der Waals surface area contributed by atoms with Crippen LogP contribution in [0.25, 0.3) is 0 Å². The number of amides is 1. The van der Waals surface area contributed by atoms with Gasteiger partial charge in [-0.1, -0.05) is 19.3 Å². The molecule has 0 unspecified atom stereocenters. The second-order valence-corrected chi connectivity index (χ2v) is 6.34. The molecule has 2 rings (SSSR count). The van der Waals surface area contributed by atoms with E-state index < -0.39 is 0 Å². The Labute approximate surface area is 122 Å². The summed E-state index contributed by atoms with van der Waals surface area (Å²) in [4.78, 5) is 14.2. The minimum absolute atomic E-state index is 0.147. The number of hydrogen-bond acceptors (Lipinski definition) is 3. The van der Waals surface area contributed by atoms with Gasteiger partial charge in [-0.2, -0.15) is 0 Å². The molecule has 1 amide bonds. The Morgan fingerprint density at radius 2 is 1.75 bits per heavy atom. The lowest BCUT2D eigenvalue weighted by atomic mass is 9.69. The maximum atomic E-state index is 12.1. The topological polar surface area (TPSA) is 38.8 Å².